The number of hydrogen-bond donors (Lipinski definition) is 2. The van der Waals surface area contributed by atoms with E-state index in [1.807, 2.05) is 30.3 Å². The normalized spacial score (nSPS) is 11.1. The Labute approximate surface area is 167 Å². The first-order valence-corrected chi connectivity index (χ1v) is 9.60. The molecule has 0 saturated heterocycles. The van der Waals surface area contributed by atoms with E-state index in [-0.39, 0.29) is 24.8 Å². The van der Waals surface area contributed by atoms with E-state index >= 15 is 0 Å². The Morgan fingerprint density at radius 3 is 2.43 bits per heavy atom. The van der Waals surface area contributed by atoms with E-state index in [2.05, 4.69) is 15.8 Å². The molecule has 0 aliphatic rings. The summed E-state index contributed by atoms with van der Waals surface area (Å²) in [6.45, 7) is 6.80. The van der Waals surface area contributed by atoms with Gasteiger partial charge < -0.3 is 10.1 Å². The molecule has 0 aliphatic heterocycles. The summed E-state index contributed by atoms with van der Waals surface area (Å²) in [6.07, 6.45) is 0.215. The van der Waals surface area contributed by atoms with E-state index in [0.29, 0.717) is 26.7 Å². The maximum absolute atomic E-state index is 12.3. The number of carbonyl (C=O) groups is 3. The smallest absolute Gasteiger partial charge is 0.341 e. The highest BCUT2D eigenvalue weighted by atomic mass is 32.1. The van der Waals surface area contributed by atoms with E-state index in [4.69, 9.17) is 4.74 Å². The fourth-order valence-electron chi connectivity index (χ4n) is 2.57. The van der Waals surface area contributed by atoms with E-state index in [1.165, 1.54) is 18.3 Å². The van der Waals surface area contributed by atoms with E-state index < -0.39 is 5.97 Å². The lowest BCUT2D eigenvalue weighted by molar-refractivity contribution is -0.120. The van der Waals surface area contributed by atoms with Crippen LogP contribution in [0.2, 0.25) is 0 Å². The Bertz CT molecular complexity index is 904. The summed E-state index contributed by atoms with van der Waals surface area (Å²) >= 11 is 1.22. The molecule has 28 heavy (non-hydrogen) atoms. The van der Waals surface area contributed by atoms with Crippen LogP contribution in [0.15, 0.2) is 35.4 Å². The molecule has 2 aromatic rings. The van der Waals surface area contributed by atoms with Crippen LogP contribution >= 0.6 is 11.3 Å². The number of nitrogens with zero attached hydrogens (tertiary/aromatic N) is 1. The number of carbonyl (C=O) groups excluding carboxylic acids is 3. The number of ether oxygens (including phenoxy) is 1. The Morgan fingerprint density at radius 2 is 1.82 bits per heavy atom. The van der Waals surface area contributed by atoms with Crippen molar-refractivity contribution >= 4 is 39.8 Å². The first-order chi connectivity index (χ1) is 13.3. The zero-order valence-corrected chi connectivity index (χ0v) is 17.1. The standard InChI is InChI=1S/C20H23N3O4S/c1-5-27-20(26)17-12(2)18(28-19(17)21-14(4)24)13(3)22-23-16(25)11-15-9-7-6-8-10-15/h6-10H,5,11H2,1-4H3,(H,21,24)(H,23,25)/b22-13+. The molecular weight excluding hydrogens is 378 g/mol. The van der Waals surface area contributed by atoms with E-state index in [1.54, 1.807) is 20.8 Å². The Balaban J connectivity index is 2.22. The van der Waals surface area contributed by atoms with Gasteiger partial charge in [-0.1, -0.05) is 30.3 Å². The van der Waals surface area contributed by atoms with Crippen LogP contribution < -0.4 is 10.7 Å². The van der Waals surface area contributed by atoms with Gasteiger partial charge in [-0.05, 0) is 31.9 Å². The van der Waals surface area contributed by atoms with Crippen LogP contribution in [0.4, 0.5) is 5.00 Å². The second kappa shape index (κ2) is 9.80. The molecule has 8 heteroatoms. The minimum absolute atomic E-state index is 0.215. The van der Waals surface area contributed by atoms with Gasteiger partial charge in [0.25, 0.3) is 0 Å². The van der Waals surface area contributed by atoms with Gasteiger partial charge in [-0.2, -0.15) is 5.10 Å². The minimum Gasteiger partial charge on any atom is -0.462 e. The van der Waals surface area contributed by atoms with Crippen LogP contribution in [0.5, 0.6) is 0 Å². The molecule has 0 saturated carbocycles. The number of rotatable bonds is 7. The molecule has 148 valence electrons. The van der Waals surface area contributed by atoms with Crippen molar-refractivity contribution in [2.45, 2.75) is 34.1 Å². The highest BCUT2D eigenvalue weighted by Gasteiger charge is 2.24. The van der Waals surface area contributed by atoms with Gasteiger partial charge in [0.05, 0.1) is 29.2 Å². The molecule has 0 fully saturated rings. The van der Waals surface area contributed by atoms with Crippen molar-refractivity contribution in [2.75, 3.05) is 11.9 Å². The average molecular weight is 401 g/mol. The van der Waals surface area contributed by atoms with Crippen molar-refractivity contribution in [3.05, 3.63) is 51.9 Å². The number of hydrogen-bond acceptors (Lipinski definition) is 6. The van der Waals surface area contributed by atoms with Crippen molar-refractivity contribution in [2.24, 2.45) is 5.10 Å². The maximum Gasteiger partial charge on any atom is 0.341 e. The number of esters is 1. The highest BCUT2D eigenvalue weighted by Crippen LogP contribution is 2.34. The topological polar surface area (TPSA) is 96.9 Å². The number of benzene rings is 1. The fourth-order valence-corrected chi connectivity index (χ4v) is 3.76. The van der Waals surface area contributed by atoms with Gasteiger partial charge in [0.2, 0.25) is 11.8 Å². The number of hydrazone groups is 1. The summed E-state index contributed by atoms with van der Waals surface area (Å²) in [6, 6.07) is 9.35. The van der Waals surface area contributed by atoms with Crippen molar-refractivity contribution in [1.29, 1.82) is 0 Å². The van der Waals surface area contributed by atoms with E-state index in [0.717, 1.165) is 5.56 Å². The number of amides is 2. The lowest BCUT2D eigenvalue weighted by atomic mass is 10.1. The number of thiophene rings is 1. The molecule has 2 N–H and O–H groups in total. The molecule has 1 aromatic carbocycles. The molecular formula is C20H23N3O4S. The van der Waals surface area contributed by atoms with Gasteiger partial charge in [-0.3, -0.25) is 9.59 Å². The Hall–Kier alpha value is -3.00. The van der Waals surface area contributed by atoms with Crippen LogP contribution in [-0.4, -0.2) is 30.1 Å². The molecule has 0 bridgehead atoms. The molecule has 0 aliphatic carbocycles. The summed E-state index contributed by atoms with van der Waals surface area (Å²) in [5.41, 5.74) is 4.90. The predicted molar refractivity (Wildman–Crippen MR) is 110 cm³/mol. The summed E-state index contributed by atoms with van der Waals surface area (Å²) in [5, 5.41) is 7.22. The molecule has 2 rings (SSSR count). The summed E-state index contributed by atoms with van der Waals surface area (Å²) in [5.74, 6) is -1.04. The average Bonchev–Trinajstić information content (AvgIpc) is 2.96. The monoisotopic (exact) mass is 401 g/mol. The van der Waals surface area contributed by atoms with Crippen LogP contribution in [0.3, 0.4) is 0 Å². The van der Waals surface area contributed by atoms with Crippen LogP contribution in [0.25, 0.3) is 0 Å². The molecule has 0 unspecified atom stereocenters. The largest absolute Gasteiger partial charge is 0.462 e. The second-order valence-corrected chi connectivity index (χ2v) is 7.08. The van der Waals surface area contributed by atoms with Crippen LogP contribution in [0.1, 0.15) is 47.1 Å². The second-order valence-electron chi connectivity index (χ2n) is 6.06. The van der Waals surface area contributed by atoms with Crippen molar-refractivity contribution in [1.82, 2.24) is 5.43 Å². The third-order valence-corrected chi connectivity index (χ3v) is 5.12. The molecule has 2 amide bonds. The molecule has 0 spiro atoms. The minimum atomic E-state index is -0.507. The molecule has 0 radical (unpaired) electrons. The molecule has 7 nitrogen and oxygen atoms in total. The highest BCUT2D eigenvalue weighted by molar-refractivity contribution is 7.18. The molecule has 1 aromatic heterocycles. The van der Waals surface area contributed by atoms with Gasteiger partial charge in [-0.15, -0.1) is 11.3 Å². The zero-order valence-electron chi connectivity index (χ0n) is 16.3. The van der Waals surface area contributed by atoms with Crippen molar-refractivity contribution in [3.63, 3.8) is 0 Å². The van der Waals surface area contributed by atoms with E-state index in [9.17, 15) is 14.4 Å². The number of anilines is 1. The quantitative estimate of drug-likeness (QED) is 0.423. The van der Waals surface area contributed by atoms with Gasteiger partial charge in [0.15, 0.2) is 0 Å². The first-order valence-electron chi connectivity index (χ1n) is 8.79. The van der Waals surface area contributed by atoms with Gasteiger partial charge >= 0.3 is 5.97 Å². The number of nitrogens with one attached hydrogen (secondary N) is 2. The molecule has 1 heterocycles. The summed E-state index contributed by atoms with van der Waals surface area (Å²) < 4.78 is 5.10. The predicted octanol–water partition coefficient (Wildman–Crippen LogP) is 3.27. The fraction of sp³-hybridized carbons (Fsp3) is 0.300. The van der Waals surface area contributed by atoms with Crippen molar-refractivity contribution < 1.29 is 19.1 Å². The van der Waals surface area contributed by atoms with Gasteiger partial charge in [0.1, 0.15) is 5.00 Å². The first kappa shape index (κ1) is 21.3. The molecule has 0 atom stereocenters. The zero-order chi connectivity index (χ0) is 20.7. The van der Waals surface area contributed by atoms with Crippen LogP contribution in [0, 0.1) is 6.92 Å². The Morgan fingerprint density at radius 1 is 1.14 bits per heavy atom. The summed E-state index contributed by atoms with van der Waals surface area (Å²) in [7, 11) is 0. The van der Waals surface area contributed by atoms with Gasteiger partial charge in [-0.25, -0.2) is 10.2 Å². The van der Waals surface area contributed by atoms with Crippen LogP contribution in [-0.2, 0) is 20.7 Å². The third-order valence-electron chi connectivity index (χ3n) is 3.80. The lowest BCUT2D eigenvalue weighted by Crippen LogP contribution is -2.21. The Kier molecular flexibility index (Phi) is 7.45. The van der Waals surface area contributed by atoms with Crippen molar-refractivity contribution in [3.8, 4) is 0 Å². The lowest BCUT2D eigenvalue weighted by Gasteiger charge is -2.05. The van der Waals surface area contributed by atoms with Gasteiger partial charge in [0, 0.05) is 6.92 Å². The third kappa shape index (κ3) is 5.50. The SMILES string of the molecule is CCOC(=O)c1c(NC(C)=O)sc(/C(C)=N/NC(=O)Cc2ccccc2)c1C. The summed E-state index contributed by atoms with van der Waals surface area (Å²) in [4.78, 5) is 36.6. The maximum atomic E-state index is 12.3.